The lowest BCUT2D eigenvalue weighted by Crippen LogP contribution is -2.32. The van der Waals surface area contributed by atoms with Crippen molar-refractivity contribution in [2.45, 2.75) is 5.03 Å². The van der Waals surface area contributed by atoms with Crippen molar-refractivity contribution in [1.82, 2.24) is 4.57 Å². The molecule has 0 saturated heterocycles. The number of hydrogen-bond donors (Lipinski definition) is 0. The molecule has 0 saturated carbocycles. The van der Waals surface area contributed by atoms with Gasteiger partial charge in [-0.15, -0.1) is 0 Å². The summed E-state index contributed by atoms with van der Waals surface area (Å²) >= 11 is 6.86. The summed E-state index contributed by atoms with van der Waals surface area (Å²) in [5.74, 6) is 0. The van der Waals surface area contributed by atoms with Crippen LogP contribution in [-0.4, -0.2) is 10.8 Å². The third-order valence-electron chi connectivity index (χ3n) is 1.57. The zero-order chi connectivity index (χ0) is 8.43. The Morgan fingerprint density at radius 2 is 2.27 bits per heavy atom. The third kappa shape index (κ3) is 1.62. The molecule has 0 spiro atoms. The summed E-state index contributed by atoms with van der Waals surface area (Å²) in [6, 6.07) is 2.06. The molecule has 0 amide bonds. The van der Waals surface area contributed by atoms with E-state index in [-0.39, 0.29) is 0 Å². The Morgan fingerprint density at radius 3 is 2.82 bits per heavy atom. The highest BCUT2D eigenvalue weighted by molar-refractivity contribution is 7.98. The Hall–Kier alpha value is -0.350. The van der Waals surface area contributed by atoms with E-state index in [2.05, 4.69) is 6.07 Å². The van der Waals surface area contributed by atoms with Crippen LogP contribution in [0.15, 0.2) is 17.3 Å². The van der Waals surface area contributed by atoms with E-state index in [9.17, 15) is 0 Å². The average Bonchev–Trinajstić information content (AvgIpc) is 2.01. The molecule has 0 N–H and O–H groups in total. The monoisotopic (exact) mass is 187 g/mol. The van der Waals surface area contributed by atoms with Gasteiger partial charge < -0.3 is 0 Å². The second-order valence-electron chi connectivity index (χ2n) is 2.31. The van der Waals surface area contributed by atoms with Gasteiger partial charge in [-0.2, -0.15) is 0 Å². The molecule has 4 heteroatoms. The quantitative estimate of drug-likeness (QED) is 0.283. The first kappa shape index (κ1) is 8.74. The molecule has 2 nitrogen and oxygen atoms in total. The minimum atomic E-state index is 0.844. The van der Waals surface area contributed by atoms with Crippen molar-refractivity contribution in [3.63, 3.8) is 0 Å². The Morgan fingerprint density at radius 1 is 1.64 bits per heavy atom. The SMILES string of the molecule is CSc1cc[n+](C)c(=S)n1C. The Balaban J connectivity index is 3.37. The molecule has 0 atom stereocenters. The van der Waals surface area contributed by atoms with Crippen molar-refractivity contribution in [3.05, 3.63) is 17.0 Å². The van der Waals surface area contributed by atoms with Crippen molar-refractivity contribution < 1.29 is 4.57 Å². The molecule has 0 aromatic carbocycles. The molecule has 1 rings (SSSR count). The molecule has 1 aromatic heterocycles. The smallest absolute Gasteiger partial charge is 0.227 e. The summed E-state index contributed by atoms with van der Waals surface area (Å²) < 4.78 is 4.77. The van der Waals surface area contributed by atoms with Crippen molar-refractivity contribution in [3.8, 4) is 0 Å². The van der Waals surface area contributed by atoms with Crippen LogP contribution in [0, 0.1) is 4.77 Å². The summed E-state index contributed by atoms with van der Waals surface area (Å²) in [6.07, 6.45) is 4.03. The number of nitrogens with zero attached hydrogens (tertiary/aromatic N) is 2. The standard InChI is InChI=1S/C7H11N2S2/c1-8-5-4-6(11-3)9(2)7(8)10/h4-5H,1-3H3/q+1. The fraction of sp³-hybridized carbons (Fsp3) is 0.429. The lowest BCUT2D eigenvalue weighted by molar-refractivity contribution is -0.683. The summed E-state index contributed by atoms with van der Waals surface area (Å²) in [6.45, 7) is 0. The van der Waals surface area contributed by atoms with Gasteiger partial charge in [0.05, 0.1) is 20.3 Å². The maximum atomic E-state index is 5.16. The van der Waals surface area contributed by atoms with Crippen LogP contribution in [-0.2, 0) is 14.1 Å². The first-order valence-corrected chi connectivity index (χ1v) is 4.89. The van der Waals surface area contributed by atoms with Gasteiger partial charge in [0.2, 0.25) is 0 Å². The number of rotatable bonds is 1. The van der Waals surface area contributed by atoms with Crippen LogP contribution in [0.25, 0.3) is 0 Å². The van der Waals surface area contributed by atoms with Crippen LogP contribution in [0.2, 0.25) is 0 Å². The number of aromatic nitrogens is 2. The van der Waals surface area contributed by atoms with Gasteiger partial charge in [-0.25, -0.2) is 9.13 Å². The fourth-order valence-corrected chi connectivity index (χ4v) is 1.66. The van der Waals surface area contributed by atoms with Crippen molar-refractivity contribution in [1.29, 1.82) is 0 Å². The molecule has 0 unspecified atom stereocenters. The maximum absolute atomic E-state index is 5.16. The van der Waals surface area contributed by atoms with E-state index in [4.69, 9.17) is 12.2 Å². The molecule has 11 heavy (non-hydrogen) atoms. The van der Waals surface area contributed by atoms with Gasteiger partial charge in [-0.05, 0) is 6.26 Å². The Labute approximate surface area is 75.9 Å². The van der Waals surface area contributed by atoms with Gasteiger partial charge in [0, 0.05) is 18.3 Å². The minimum Gasteiger partial charge on any atom is -0.227 e. The second-order valence-corrected chi connectivity index (χ2v) is 3.50. The van der Waals surface area contributed by atoms with Crippen LogP contribution in [0.5, 0.6) is 0 Å². The largest absolute Gasteiger partial charge is 0.351 e. The van der Waals surface area contributed by atoms with Gasteiger partial charge >= 0.3 is 4.77 Å². The van der Waals surface area contributed by atoms with Crippen molar-refractivity contribution in [2.24, 2.45) is 14.1 Å². The molecule has 1 aromatic rings. The molecule has 60 valence electrons. The van der Waals surface area contributed by atoms with Crippen molar-refractivity contribution >= 4 is 24.0 Å². The van der Waals surface area contributed by atoms with Crippen LogP contribution in [0.1, 0.15) is 0 Å². The molecular formula is C7H11N2S2+. The highest BCUT2D eigenvalue weighted by Gasteiger charge is 2.04. The van der Waals surface area contributed by atoms with Gasteiger partial charge in [0.1, 0.15) is 0 Å². The maximum Gasteiger partial charge on any atom is 0.351 e. The predicted octanol–water partition coefficient (Wildman–Crippen LogP) is 1.30. The second kappa shape index (κ2) is 3.36. The average molecular weight is 187 g/mol. The lowest BCUT2D eigenvalue weighted by atomic mass is 10.6. The molecule has 0 bridgehead atoms. The highest BCUT2D eigenvalue weighted by Crippen LogP contribution is 2.10. The van der Waals surface area contributed by atoms with Crippen LogP contribution in [0.4, 0.5) is 0 Å². The van der Waals surface area contributed by atoms with Crippen LogP contribution < -0.4 is 4.57 Å². The fourth-order valence-electron chi connectivity index (χ4n) is 0.887. The zero-order valence-electron chi connectivity index (χ0n) is 6.87. The Kier molecular flexibility index (Phi) is 2.67. The molecule has 1 heterocycles. The van der Waals surface area contributed by atoms with Crippen molar-refractivity contribution in [2.75, 3.05) is 6.26 Å². The first-order chi connectivity index (χ1) is 5.16. The van der Waals surface area contributed by atoms with Gasteiger partial charge in [0.25, 0.3) is 0 Å². The number of hydrogen-bond acceptors (Lipinski definition) is 2. The minimum absolute atomic E-state index is 0.844. The topological polar surface area (TPSA) is 8.81 Å². The zero-order valence-corrected chi connectivity index (χ0v) is 8.50. The van der Waals surface area contributed by atoms with E-state index in [0.29, 0.717) is 0 Å². The Bertz CT molecular complexity index is 317. The van der Waals surface area contributed by atoms with Crippen LogP contribution >= 0.6 is 24.0 Å². The van der Waals surface area contributed by atoms with E-state index in [1.807, 2.05) is 35.7 Å². The molecule has 0 fully saturated rings. The van der Waals surface area contributed by atoms with Gasteiger partial charge in [0.15, 0.2) is 5.03 Å². The molecule has 0 radical (unpaired) electrons. The van der Waals surface area contributed by atoms with Gasteiger partial charge in [-0.3, -0.25) is 0 Å². The molecule has 0 aliphatic heterocycles. The first-order valence-electron chi connectivity index (χ1n) is 3.26. The molecular weight excluding hydrogens is 176 g/mol. The highest BCUT2D eigenvalue weighted by atomic mass is 32.2. The van der Waals surface area contributed by atoms with E-state index >= 15 is 0 Å². The molecule has 0 aliphatic carbocycles. The normalized spacial score (nSPS) is 10.1. The summed E-state index contributed by atoms with van der Waals surface area (Å²) in [7, 11) is 3.93. The predicted molar refractivity (Wildman–Crippen MR) is 49.2 cm³/mol. The summed E-state index contributed by atoms with van der Waals surface area (Å²) in [4.78, 5) is 0. The molecule has 0 aliphatic rings. The summed E-state index contributed by atoms with van der Waals surface area (Å²) in [5, 5.41) is 1.19. The number of thioether (sulfide) groups is 1. The van der Waals surface area contributed by atoms with E-state index < -0.39 is 0 Å². The van der Waals surface area contributed by atoms with Crippen LogP contribution in [0.3, 0.4) is 0 Å². The third-order valence-corrected chi connectivity index (χ3v) is 2.96. The van der Waals surface area contributed by atoms with E-state index in [0.717, 1.165) is 4.77 Å². The van der Waals surface area contributed by atoms with Gasteiger partial charge in [-0.1, -0.05) is 11.8 Å². The summed E-state index contributed by atoms with van der Waals surface area (Å²) in [5.41, 5.74) is 0. The van der Waals surface area contributed by atoms with E-state index in [1.165, 1.54) is 5.03 Å². The van der Waals surface area contributed by atoms with E-state index in [1.54, 1.807) is 11.8 Å². The number of aryl methyl sites for hydroxylation is 1. The lowest BCUT2D eigenvalue weighted by Gasteiger charge is -1.99.